The third-order valence-corrected chi connectivity index (χ3v) is 14.8. The lowest BCUT2D eigenvalue weighted by Gasteiger charge is -2.22. The summed E-state index contributed by atoms with van der Waals surface area (Å²) < 4.78 is 22.1. The monoisotopic (exact) mass is 968 g/mol. The van der Waals surface area contributed by atoms with Crippen molar-refractivity contribution >= 4 is 43.6 Å². The molecule has 2 heterocycles. The summed E-state index contributed by atoms with van der Waals surface area (Å²) in [4.78, 5) is 0. The Morgan fingerprint density at radius 3 is 0.867 bits per heavy atom. The molecule has 75 heavy (non-hydrogen) atoms. The number of aryl methyl sites for hydroxylation is 8. The lowest BCUT2D eigenvalue weighted by Crippen LogP contribution is -2.06. The summed E-state index contributed by atoms with van der Waals surface area (Å²) in [6, 6.07) is 66.3. The van der Waals surface area contributed by atoms with Gasteiger partial charge in [0.2, 0.25) is 0 Å². The maximum atomic E-state index is 17.6. The second-order valence-electron chi connectivity index (χ2n) is 20.9. The number of hydrogen-bond acceptors (Lipinski definition) is 2. The molecule has 12 aromatic rings. The van der Waals surface area contributed by atoms with Crippen LogP contribution in [0.2, 0.25) is 0 Å². The quantitative estimate of drug-likeness (QED) is 0.160. The topological polar surface area (TPSA) is 57.4 Å². The Morgan fingerprint density at radius 2 is 0.600 bits per heavy atom. The standard InChI is InChI=1S/C70H53FN4/c1-40-19-41(2)24-54(23-40)50-10-15-58-59-16-11-51(55-25-42(3)20-43(4)26-55)35-65(59)74(64(58)34-50)68-32-49(39-73)33-69(70(68)62-14-9-48(38-72)31-63(62)71)75-66-36-52(56-27-44(5)21-45(6)28-56)12-17-60(66)61-18-13-53(37-67(61)75)57-29-46(7)22-47(8)30-57/h9-37H,1-8H3. The fraction of sp³-hybridized carbons (Fsp3) is 0.114. The number of benzene rings is 10. The number of fused-ring (bicyclic) bond motifs is 6. The molecule has 10 aromatic carbocycles. The van der Waals surface area contributed by atoms with Gasteiger partial charge in [-0.1, -0.05) is 166 Å². The smallest absolute Gasteiger partial charge is 0.132 e. The van der Waals surface area contributed by atoms with Crippen molar-refractivity contribution in [1.29, 1.82) is 10.5 Å². The lowest BCUT2D eigenvalue weighted by atomic mass is 9.96. The highest BCUT2D eigenvalue weighted by Gasteiger charge is 2.26. The second-order valence-corrected chi connectivity index (χ2v) is 20.9. The van der Waals surface area contributed by atoms with E-state index in [-0.39, 0.29) is 5.56 Å². The highest BCUT2D eigenvalue weighted by molar-refractivity contribution is 6.14. The maximum absolute atomic E-state index is 17.6. The van der Waals surface area contributed by atoms with E-state index in [0.717, 1.165) is 88.1 Å². The van der Waals surface area contributed by atoms with Crippen molar-refractivity contribution in [2.45, 2.75) is 55.4 Å². The van der Waals surface area contributed by atoms with E-state index in [4.69, 9.17) is 0 Å². The van der Waals surface area contributed by atoms with Crippen molar-refractivity contribution in [3.8, 4) is 79.1 Å². The van der Waals surface area contributed by atoms with Gasteiger partial charge in [0.15, 0.2) is 0 Å². The molecule has 5 heteroatoms. The molecule has 0 aliphatic rings. The van der Waals surface area contributed by atoms with E-state index in [2.05, 4.69) is 222 Å². The van der Waals surface area contributed by atoms with Crippen molar-refractivity contribution in [2.75, 3.05) is 0 Å². The highest BCUT2D eigenvalue weighted by Crippen LogP contribution is 2.46. The van der Waals surface area contributed by atoms with Gasteiger partial charge in [0, 0.05) is 32.7 Å². The summed E-state index contributed by atoms with van der Waals surface area (Å²) in [6.45, 7) is 17.0. The molecule has 0 bridgehead atoms. The van der Waals surface area contributed by atoms with Crippen LogP contribution in [0.25, 0.3) is 111 Å². The SMILES string of the molecule is Cc1cc(C)cc(-c2ccc3c4ccc(-c5cc(C)cc(C)c5)cc4n(-c4cc(C#N)cc(-n5c6cc(-c7cc(C)cc(C)c7)ccc6c6ccc(-c7cc(C)cc(C)c7)cc65)c4-c4ccc(C#N)cc4F)c3c2)c1. The second kappa shape index (κ2) is 18.0. The van der Waals surface area contributed by atoms with Crippen LogP contribution in [0.15, 0.2) is 176 Å². The van der Waals surface area contributed by atoms with Crippen molar-refractivity contribution < 1.29 is 4.39 Å². The summed E-state index contributed by atoms with van der Waals surface area (Å²) >= 11 is 0. The molecule has 0 radical (unpaired) electrons. The molecule has 0 amide bonds. The molecule has 0 spiro atoms. The Hall–Kier alpha value is -9.29. The Labute approximate surface area is 437 Å². The fourth-order valence-corrected chi connectivity index (χ4v) is 11.9. The van der Waals surface area contributed by atoms with Gasteiger partial charge in [0.25, 0.3) is 0 Å². The molecule has 0 unspecified atom stereocenters. The van der Waals surface area contributed by atoms with E-state index < -0.39 is 5.82 Å². The van der Waals surface area contributed by atoms with Gasteiger partial charge in [-0.05, 0) is 154 Å². The zero-order chi connectivity index (χ0) is 52.0. The largest absolute Gasteiger partial charge is 0.308 e. The first-order chi connectivity index (χ1) is 36.2. The van der Waals surface area contributed by atoms with E-state index in [0.29, 0.717) is 28.1 Å². The highest BCUT2D eigenvalue weighted by atomic mass is 19.1. The van der Waals surface area contributed by atoms with E-state index in [1.54, 1.807) is 12.1 Å². The minimum absolute atomic E-state index is 0.217. The van der Waals surface area contributed by atoms with Gasteiger partial charge in [0.05, 0.1) is 56.7 Å². The van der Waals surface area contributed by atoms with Crippen LogP contribution in [0.1, 0.15) is 55.6 Å². The van der Waals surface area contributed by atoms with Crippen molar-refractivity contribution in [3.63, 3.8) is 0 Å². The van der Waals surface area contributed by atoms with Crippen molar-refractivity contribution in [1.82, 2.24) is 9.13 Å². The first-order valence-electron chi connectivity index (χ1n) is 25.5. The number of nitrogens with zero attached hydrogens (tertiary/aromatic N) is 4. The maximum Gasteiger partial charge on any atom is 0.132 e. The molecule has 0 aliphatic carbocycles. The minimum Gasteiger partial charge on any atom is -0.308 e. The predicted molar refractivity (Wildman–Crippen MR) is 310 cm³/mol. The third kappa shape index (κ3) is 8.24. The first kappa shape index (κ1) is 46.8. The molecule has 0 saturated heterocycles. The fourth-order valence-electron chi connectivity index (χ4n) is 11.9. The first-order valence-corrected chi connectivity index (χ1v) is 25.5. The molecular formula is C70H53FN4. The Balaban J connectivity index is 1.27. The average molecular weight is 969 g/mol. The predicted octanol–water partition coefficient (Wildman–Crippen LogP) is 18.6. The molecule has 2 aromatic heterocycles. The molecule has 0 aliphatic heterocycles. The summed E-state index contributed by atoms with van der Waals surface area (Å²) in [5.74, 6) is -0.540. The zero-order valence-electron chi connectivity index (χ0n) is 43.4. The molecular weight excluding hydrogens is 916 g/mol. The number of aromatic nitrogens is 2. The zero-order valence-corrected chi connectivity index (χ0v) is 43.4. The summed E-state index contributed by atoms with van der Waals surface area (Å²) in [5, 5.41) is 25.5. The van der Waals surface area contributed by atoms with E-state index in [9.17, 15) is 10.5 Å². The van der Waals surface area contributed by atoms with Crippen LogP contribution in [0.5, 0.6) is 0 Å². The molecule has 12 rings (SSSR count). The van der Waals surface area contributed by atoms with Gasteiger partial charge < -0.3 is 9.13 Å². The van der Waals surface area contributed by atoms with Crippen LogP contribution in [0.4, 0.5) is 4.39 Å². The van der Waals surface area contributed by atoms with Gasteiger partial charge in [-0.3, -0.25) is 0 Å². The summed E-state index contributed by atoms with van der Waals surface area (Å²) in [7, 11) is 0. The molecule has 0 saturated carbocycles. The Bertz CT molecular complexity index is 3940. The minimum atomic E-state index is -0.540. The van der Waals surface area contributed by atoms with E-state index in [1.807, 2.05) is 12.1 Å². The normalized spacial score (nSPS) is 11.5. The van der Waals surface area contributed by atoms with Gasteiger partial charge in [-0.2, -0.15) is 10.5 Å². The number of rotatable bonds is 7. The average Bonchev–Trinajstić information content (AvgIpc) is 3.90. The molecule has 4 nitrogen and oxygen atoms in total. The van der Waals surface area contributed by atoms with Crippen LogP contribution in [-0.2, 0) is 0 Å². The molecule has 360 valence electrons. The van der Waals surface area contributed by atoms with Gasteiger partial charge in [0.1, 0.15) is 5.82 Å². The van der Waals surface area contributed by atoms with E-state index in [1.165, 1.54) is 50.6 Å². The Morgan fingerprint density at radius 1 is 0.307 bits per heavy atom. The van der Waals surface area contributed by atoms with Crippen LogP contribution >= 0.6 is 0 Å². The van der Waals surface area contributed by atoms with Crippen molar-refractivity contribution in [3.05, 3.63) is 237 Å². The number of hydrogen-bond donors (Lipinski definition) is 0. The molecule has 0 fully saturated rings. The van der Waals surface area contributed by atoms with Crippen LogP contribution in [0.3, 0.4) is 0 Å². The lowest BCUT2D eigenvalue weighted by molar-refractivity contribution is 0.630. The summed E-state index contributed by atoms with van der Waals surface area (Å²) in [6.07, 6.45) is 0. The number of halogens is 1. The van der Waals surface area contributed by atoms with Gasteiger partial charge in [-0.25, -0.2) is 4.39 Å². The van der Waals surface area contributed by atoms with E-state index >= 15 is 4.39 Å². The number of nitriles is 2. The molecule has 0 atom stereocenters. The Kier molecular flexibility index (Phi) is 11.2. The van der Waals surface area contributed by atoms with Crippen molar-refractivity contribution in [2.24, 2.45) is 0 Å². The third-order valence-electron chi connectivity index (χ3n) is 14.8. The van der Waals surface area contributed by atoms with Crippen LogP contribution < -0.4 is 0 Å². The van der Waals surface area contributed by atoms with Crippen LogP contribution in [0, 0.1) is 83.9 Å². The summed E-state index contributed by atoms with van der Waals surface area (Å²) in [5.41, 5.74) is 24.3. The van der Waals surface area contributed by atoms with Crippen LogP contribution in [-0.4, -0.2) is 9.13 Å². The molecule has 0 N–H and O–H groups in total. The van der Waals surface area contributed by atoms with Gasteiger partial charge >= 0.3 is 0 Å². The van der Waals surface area contributed by atoms with Gasteiger partial charge in [-0.15, -0.1) is 0 Å².